The quantitative estimate of drug-likeness (QED) is 0.854. The van der Waals surface area contributed by atoms with Gasteiger partial charge in [0.05, 0.1) is 16.7 Å². The van der Waals surface area contributed by atoms with Crippen LogP contribution in [-0.2, 0) is 10.0 Å². The van der Waals surface area contributed by atoms with Crippen molar-refractivity contribution in [2.75, 3.05) is 13.6 Å². The van der Waals surface area contributed by atoms with Crippen molar-refractivity contribution in [1.29, 1.82) is 5.26 Å². The summed E-state index contributed by atoms with van der Waals surface area (Å²) in [7, 11) is -2.14. The third kappa shape index (κ3) is 3.22. The highest BCUT2D eigenvalue weighted by atomic mass is 35.5. The van der Waals surface area contributed by atoms with Gasteiger partial charge in [-0.2, -0.15) is 5.26 Å². The summed E-state index contributed by atoms with van der Waals surface area (Å²) >= 11 is 5.90. The van der Waals surface area contributed by atoms with E-state index >= 15 is 0 Å². The average molecular weight is 287 g/mol. The number of halogens is 1. The van der Waals surface area contributed by atoms with Crippen LogP contribution >= 0.6 is 11.6 Å². The molecule has 0 aliphatic rings. The first-order valence-corrected chi connectivity index (χ1v) is 7.27. The Morgan fingerprint density at radius 1 is 1.44 bits per heavy atom. The molecular weight excluding hydrogens is 272 g/mol. The van der Waals surface area contributed by atoms with Crippen LogP contribution in [0.15, 0.2) is 23.1 Å². The van der Waals surface area contributed by atoms with Gasteiger partial charge in [-0.15, -0.1) is 0 Å². The van der Waals surface area contributed by atoms with Gasteiger partial charge in [-0.05, 0) is 24.1 Å². The number of hydrogen-bond donors (Lipinski definition) is 0. The molecule has 6 heteroatoms. The monoisotopic (exact) mass is 286 g/mol. The van der Waals surface area contributed by atoms with Crippen LogP contribution in [-0.4, -0.2) is 26.3 Å². The van der Waals surface area contributed by atoms with Crippen molar-refractivity contribution in [2.45, 2.75) is 18.7 Å². The van der Waals surface area contributed by atoms with E-state index in [1.54, 1.807) is 0 Å². The zero-order valence-electron chi connectivity index (χ0n) is 10.5. The first kappa shape index (κ1) is 15.0. The van der Waals surface area contributed by atoms with E-state index in [0.717, 1.165) is 0 Å². The van der Waals surface area contributed by atoms with E-state index in [2.05, 4.69) is 0 Å². The Labute approximate surface area is 113 Å². The van der Waals surface area contributed by atoms with Gasteiger partial charge in [-0.3, -0.25) is 0 Å². The number of rotatable bonds is 4. The molecule has 0 heterocycles. The molecule has 0 aromatic heterocycles. The number of sulfonamides is 1. The van der Waals surface area contributed by atoms with Gasteiger partial charge in [-0.1, -0.05) is 25.4 Å². The van der Waals surface area contributed by atoms with Crippen LogP contribution < -0.4 is 0 Å². The normalized spacial score (nSPS) is 11.8. The van der Waals surface area contributed by atoms with Crippen LogP contribution in [0.4, 0.5) is 0 Å². The zero-order chi connectivity index (χ0) is 13.9. The van der Waals surface area contributed by atoms with Crippen molar-refractivity contribution < 1.29 is 8.42 Å². The maximum Gasteiger partial charge on any atom is 0.244 e. The van der Waals surface area contributed by atoms with E-state index in [1.807, 2.05) is 19.9 Å². The summed E-state index contributed by atoms with van der Waals surface area (Å²) in [4.78, 5) is -0.0219. The molecule has 0 fully saturated rings. The fraction of sp³-hybridized carbons (Fsp3) is 0.417. The standard InChI is InChI=1S/C12H15ClN2O2S/c1-9(2)8-15(3)18(16,17)12-6-10(7-14)4-5-11(12)13/h4-6,9H,8H2,1-3H3. The second kappa shape index (κ2) is 5.70. The predicted octanol–water partition coefficient (Wildman–Crippen LogP) is 2.49. The van der Waals surface area contributed by atoms with E-state index < -0.39 is 10.0 Å². The van der Waals surface area contributed by atoms with Crippen LogP contribution in [0, 0.1) is 17.2 Å². The molecule has 0 amide bonds. The van der Waals surface area contributed by atoms with Gasteiger partial charge >= 0.3 is 0 Å². The van der Waals surface area contributed by atoms with Crippen LogP contribution in [0.2, 0.25) is 5.02 Å². The molecule has 0 radical (unpaired) electrons. The predicted molar refractivity (Wildman–Crippen MR) is 70.8 cm³/mol. The van der Waals surface area contributed by atoms with Crippen molar-refractivity contribution in [3.05, 3.63) is 28.8 Å². The molecule has 0 saturated carbocycles. The van der Waals surface area contributed by atoms with Crippen LogP contribution in [0.1, 0.15) is 19.4 Å². The molecule has 1 rings (SSSR count). The minimum absolute atomic E-state index is 0.0219. The van der Waals surface area contributed by atoms with Gasteiger partial charge in [0.25, 0.3) is 0 Å². The van der Waals surface area contributed by atoms with Gasteiger partial charge in [0, 0.05) is 13.6 Å². The number of nitriles is 1. The van der Waals surface area contributed by atoms with Crippen molar-refractivity contribution in [1.82, 2.24) is 4.31 Å². The molecular formula is C12H15ClN2O2S. The summed E-state index contributed by atoms with van der Waals surface area (Å²) in [6.07, 6.45) is 0. The smallest absolute Gasteiger partial charge is 0.207 e. The zero-order valence-corrected chi connectivity index (χ0v) is 12.1. The van der Waals surface area contributed by atoms with E-state index in [1.165, 1.54) is 29.6 Å². The number of benzene rings is 1. The average Bonchev–Trinajstić information content (AvgIpc) is 2.28. The molecule has 0 spiro atoms. The summed E-state index contributed by atoms with van der Waals surface area (Å²) in [5.74, 6) is 0.211. The fourth-order valence-corrected chi connectivity index (χ4v) is 3.38. The highest BCUT2D eigenvalue weighted by Gasteiger charge is 2.24. The number of hydrogen-bond acceptors (Lipinski definition) is 3. The van der Waals surface area contributed by atoms with Gasteiger partial charge in [0.1, 0.15) is 4.90 Å². The topological polar surface area (TPSA) is 61.2 Å². The summed E-state index contributed by atoms with van der Waals surface area (Å²) in [5.41, 5.74) is 0.274. The maximum atomic E-state index is 12.3. The molecule has 0 unspecified atom stereocenters. The molecule has 0 atom stereocenters. The van der Waals surface area contributed by atoms with E-state index in [4.69, 9.17) is 16.9 Å². The first-order chi connectivity index (χ1) is 8.28. The Bertz CT molecular complexity index is 576. The molecule has 1 aromatic rings. The van der Waals surface area contributed by atoms with Crippen molar-refractivity contribution in [2.24, 2.45) is 5.92 Å². The van der Waals surface area contributed by atoms with Gasteiger partial charge < -0.3 is 0 Å². The SMILES string of the molecule is CC(C)CN(C)S(=O)(=O)c1cc(C#N)ccc1Cl. The molecule has 0 aliphatic carbocycles. The minimum Gasteiger partial charge on any atom is -0.207 e. The van der Waals surface area contributed by atoms with Crippen molar-refractivity contribution in [3.63, 3.8) is 0 Å². The molecule has 1 aromatic carbocycles. The highest BCUT2D eigenvalue weighted by Crippen LogP contribution is 2.25. The Morgan fingerprint density at radius 2 is 2.06 bits per heavy atom. The van der Waals surface area contributed by atoms with E-state index in [-0.39, 0.29) is 21.4 Å². The van der Waals surface area contributed by atoms with Gasteiger partial charge in [-0.25, -0.2) is 12.7 Å². The Kier molecular flexibility index (Phi) is 4.74. The lowest BCUT2D eigenvalue weighted by Gasteiger charge is -2.19. The summed E-state index contributed by atoms with van der Waals surface area (Å²) in [5, 5.41) is 8.93. The third-order valence-electron chi connectivity index (χ3n) is 2.37. The van der Waals surface area contributed by atoms with Crippen LogP contribution in [0.25, 0.3) is 0 Å². The molecule has 18 heavy (non-hydrogen) atoms. The van der Waals surface area contributed by atoms with E-state index in [0.29, 0.717) is 6.54 Å². The Morgan fingerprint density at radius 3 is 2.56 bits per heavy atom. The summed E-state index contributed by atoms with van der Waals surface area (Å²) in [6, 6.07) is 6.12. The first-order valence-electron chi connectivity index (χ1n) is 5.45. The molecule has 0 aliphatic heterocycles. The lowest BCUT2D eigenvalue weighted by molar-refractivity contribution is 0.417. The fourth-order valence-electron chi connectivity index (χ4n) is 1.55. The molecule has 4 nitrogen and oxygen atoms in total. The Hall–Kier alpha value is -1.09. The molecule has 0 bridgehead atoms. The molecule has 98 valence electrons. The third-order valence-corrected chi connectivity index (χ3v) is 4.68. The van der Waals surface area contributed by atoms with Gasteiger partial charge in [0.15, 0.2) is 0 Å². The lowest BCUT2D eigenvalue weighted by Crippen LogP contribution is -2.30. The highest BCUT2D eigenvalue weighted by molar-refractivity contribution is 7.89. The molecule has 0 saturated heterocycles. The van der Waals surface area contributed by atoms with Gasteiger partial charge in [0.2, 0.25) is 10.0 Å². The lowest BCUT2D eigenvalue weighted by atomic mass is 10.2. The maximum absolute atomic E-state index is 12.3. The Balaban J connectivity index is 3.24. The van der Waals surface area contributed by atoms with E-state index in [9.17, 15) is 8.42 Å². The van der Waals surface area contributed by atoms with Crippen molar-refractivity contribution >= 4 is 21.6 Å². The van der Waals surface area contributed by atoms with Crippen LogP contribution in [0.5, 0.6) is 0 Å². The largest absolute Gasteiger partial charge is 0.244 e. The number of nitrogens with zero attached hydrogens (tertiary/aromatic N) is 2. The second-order valence-electron chi connectivity index (χ2n) is 4.44. The van der Waals surface area contributed by atoms with Crippen LogP contribution in [0.3, 0.4) is 0 Å². The summed E-state index contributed by atoms with van der Waals surface area (Å²) in [6.45, 7) is 4.26. The van der Waals surface area contributed by atoms with Crippen molar-refractivity contribution in [3.8, 4) is 6.07 Å². The summed E-state index contributed by atoms with van der Waals surface area (Å²) < 4.78 is 25.8. The molecule has 0 N–H and O–H groups in total. The second-order valence-corrected chi connectivity index (χ2v) is 6.86. The minimum atomic E-state index is -3.65.